The summed E-state index contributed by atoms with van der Waals surface area (Å²) < 4.78 is 0. The zero-order chi connectivity index (χ0) is 15.4. The molecule has 0 spiro atoms. The van der Waals surface area contributed by atoms with Crippen LogP contribution in [0.15, 0.2) is 17.8 Å². The molecule has 0 saturated carbocycles. The minimum absolute atomic E-state index is 0.205. The number of nitrogens with one attached hydrogen (secondary N) is 1. The van der Waals surface area contributed by atoms with Crippen molar-refractivity contribution < 1.29 is 5.11 Å². The first-order valence-electron chi connectivity index (χ1n) is 7.59. The summed E-state index contributed by atoms with van der Waals surface area (Å²) in [6.07, 6.45) is 5.68. The molecule has 0 amide bonds. The normalized spacial score (nSPS) is 19.3. The van der Waals surface area contributed by atoms with Gasteiger partial charge < -0.3 is 15.3 Å². The molecule has 1 aliphatic heterocycles. The molecular weight excluding hydrogens is 298 g/mol. The summed E-state index contributed by atoms with van der Waals surface area (Å²) in [5.41, 5.74) is 2.00. The number of hydrogen-bond donors (Lipinski definition) is 2. The van der Waals surface area contributed by atoms with E-state index < -0.39 is 0 Å². The first kappa shape index (κ1) is 15.3. The fourth-order valence-electron chi connectivity index (χ4n) is 2.88. The third-order valence-corrected chi connectivity index (χ3v) is 4.75. The van der Waals surface area contributed by atoms with E-state index in [0.29, 0.717) is 5.92 Å². The Labute approximate surface area is 134 Å². The molecule has 0 aromatic carbocycles. The predicted octanol–water partition coefficient (Wildman–Crippen LogP) is 2.16. The summed E-state index contributed by atoms with van der Waals surface area (Å²) in [4.78, 5) is 15.7. The van der Waals surface area contributed by atoms with Gasteiger partial charge in [-0.3, -0.25) is 4.98 Å². The quantitative estimate of drug-likeness (QED) is 0.880. The molecule has 22 heavy (non-hydrogen) atoms. The van der Waals surface area contributed by atoms with Crippen LogP contribution in [-0.2, 0) is 0 Å². The summed E-state index contributed by atoms with van der Waals surface area (Å²) in [5.74, 6) is 1.14. The van der Waals surface area contributed by atoms with Crippen LogP contribution >= 0.6 is 11.3 Å². The highest BCUT2D eigenvalue weighted by Crippen LogP contribution is 2.31. The molecule has 118 valence electrons. The van der Waals surface area contributed by atoms with Crippen molar-refractivity contribution in [1.29, 1.82) is 0 Å². The molecular formula is C15H21N5OS. The number of likely N-dealkylation sites (tertiary alicyclic amines) is 1. The van der Waals surface area contributed by atoms with Crippen molar-refractivity contribution in [3.63, 3.8) is 0 Å². The monoisotopic (exact) mass is 319 g/mol. The van der Waals surface area contributed by atoms with E-state index in [1.54, 1.807) is 23.7 Å². The lowest BCUT2D eigenvalue weighted by atomic mass is 9.94. The van der Waals surface area contributed by atoms with Gasteiger partial charge in [0.05, 0.1) is 18.0 Å². The van der Waals surface area contributed by atoms with Crippen molar-refractivity contribution in [1.82, 2.24) is 19.9 Å². The van der Waals surface area contributed by atoms with Crippen LogP contribution in [-0.4, -0.2) is 51.2 Å². The van der Waals surface area contributed by atoms with Crippen LogP contribution in [0, 0.1) is 6.92 Å². The van der Waals surface area contributed by atoms with E-state index in [-0.39, 0.29) is 6.61 Å². The summed E-state index contributed by atoms with van der Waals surface area (Å²) in [6, 6.07) is 0. The van der Waals surface area contributed by atoms with Crippen molar-refractivity contribution in [2.75, 3.05) is 31.6 Å². The average molecular weight is 319 g/mol. The van der Waals surface area contributed by atoms with Gasteiger partial charge in [0.1, 0.15) is 0 Å². The fraction of sp³-hybridized carbons (Fsp3) is 0.533. The lowest BCUT2D eigenvalue weighted by molar-refractivity contribution is 0.160. The molecule has 1 saturated heterocycles. The van der Waals surface area contributed by atoms with Crippen LogP contribution in [0.3, 0.4) is 0 Å². The van der Waals surface area contributed by atoms with Gasteiger partial charge in [0.25, 0.3) is 0 Å². The number of aliphatic hydroxyl groups excluding tert-OH is 1. The van der Waals surface area contributed by atoms with E-state index in [1.165, 1.54) is 0 Å². The molecule has 0 aliphatic carbocycles. The molecule has 2 N–H and O–H groups in total. The second kappa shape index (κ2) is 7.13. The Bertz CT molecular complexity index is 615. The number of thiazole rings is 1. The zero-order valence-corrected chi connectivity index (χ0v) is 13.5. The molecule has 7 heteroatoms. The van der Waals surface area contributed by atoms with Gasteiger partial charge in [-0.25, -0.2) is 9.97 Å². The van der Waals surface area contributed by atoms with Crippen molar-refractivity contribution in [2.24, 2.45) is 0 Å². The van der Waals surface area contributed by atoms with Gasteiger partial charge in [-0.05, 0) is 26.3 Å². The summed E-state index contributed by atoms with van der Waals surface area (Å²) >= 11 is 1.57. The van der Waals surface area contributed by atoms with Gasteiger partial charge in [-0.15, -0.1) is 11.3 Å². The first-order chi connectivity index (χ1) is 10.8. The topological polar surface area (TPSA) is 74.2 Å². The van der Waals surface area contributed by atoms with E-state index in [0.717, 1.165) is 54.8 Å². The molecule has 1 atom stereocenters. The van der Waals surface area contributed by atoms with Gasteiger partial charge in [-0.2, -0.15) is 0 Å². The molecule has 3 rings (SSSR count). The van der Waals surface area contributed by atoms with Gasteiger partial charge in [0, 0.05) is 36.8 Å². The number of β-amino-alcohol motifs (C(OH)–C–C–N with tert-alkyl or cyclic N) is 1. The first-order valence-corrected chi connectivity index (χ1v) is 8.47. The number of hydrogen-bond acceptors (Lipinski definition) is 7. The number of nitrogens with zero attached hydrogens (tertiary/aromatic N) is 4. The third kappa shape index (κ3) is 3.60. The Hall–Kier alpha value is -1.57. The highest BCUT2D eigenvalue weighted by atomic mass is 32.1. The maximum absolute atomic E-state index is 9.14. The Balaban J connectivity index is 1.78. The van der Waals surface area contributed by atoms with Gasteiger partial charge in [0.2, 0.25) is 0 Å². The Morgan fingerprint density at radius 2 is 2.27 bits per heavy atom. The molecule has 0 bridgehead atoms. The van der Waals surface area contributed by atoms with E-state index >= 15 is 0 Å². The van der Waals surface area contributed by atoms with Crippen molar-refractivity contribution in [2.45, 2.75) is 25.7 Å². The molecule has 1 fully saturated rings. The Morgan fingerprint density at radius 3 is 3.05 bits per heavy atom. The third-order valence-electron chi connectivity index (χ3n) is 3.88. The lowest BCUT2D eigenvalue weighted by Crippen LogP contribution is -2.36. The van der Waals surface area contributed by atoms with Crippen LogP contribution in [0.4, 0.5) is 10.9 Å². The number of anilines is 2. The zero-order valence-electron chi connectivity index (χ0n) is 12.7. The number of aryl methyl sites for hydroxylation is 1. The molecule has 2 aromatic heterocycles. The Kier molecular flexibility index (Phi) is 4.97. The maximum Gasteiger partial charge on any atom is 0.188 e. The van der Waals surface area contributed by atoms with Crippen LogP contribution < -0.4 is 5.32 Å². The minimum Gasteiger partial charge on any atom is -0.395 e. The maximum atomic E-state index is 9.14. The number of aromatic nitrogens is 3. The summed E-state index contributed by atoms with van der Waals surface area (Å²) in [7, 11) is 0. The predicted molar refractivity (Wildman–Crippen MR) is 87.7 cm³/mol. The summed E-state index contributed by atoms with van der Waals surface area (Å²) in [5, 5.41) is 15.3. The SMILES string of the molecule is Cc1csc(Nc2nccnc2[C@H]2CCCN(CCO)C2)n1. The van der Waals surface area contributed by atoms with Crippen molar-refractivity contribution in [3.05, 3.63) is 29.2 Å². The van der Waals surface area contributed by atoms with Gasteiger partial charge in [-0.1, -0.05) is 0 Å². The van der Waals surface area contributed by atoms with Crippen molar-refractivity contribution in [3.8, 4) is 0 Å². The van der Waals surface area contributed by atoms with Crippen LogP contribution in [0.25, 0.3) is 0 Å². The van der Waals surface area contributed by atoms with E-state index in [4.69, 9.17) is 5.11 Å². The minimum atomic E-state index is 0.205. The molecule has 1 aliphatic rings. The molecule has 0 radical (unpaired) electrons. The van der Waals surface area contributed by atoms with Crippen molar-refractivity contribution >= 4 is 22.3 Å². The summed E-state index contributed by atoms with van der Waals surface area (Å²) in [6.45, 7) is 4.88. The Morgan fingerprint density at radius 1 is 1.41 bits per heavy atom. The molecule has 0 unspecified atom stereocenters. The number of rotatable bonds is 5. The number of piperidine rings is 1. The lowest BCUT2D eigenvalue weighted by Gasteiger charge is -2.32. The average Bonchev–Trinajstić information content (AvgIpc) is 2.94. The van der Waals surface area contributed by atoms with Crippen LogP contribution in [0.2, 0.25) is 0 Å². The second-order valence-corrected chi connectivity index (χ2v) is 6.43. The highest BCUT2D eigenvalue weighted by molar-refractivity contribution is 7.13. The second-order valence-electron chi connectivity index (χ2n) is 5.57. The standard InChI is InChI=1S/C15H21N5OS/c1-11-10-22-15(18-11)19-14-13(16-4-5-17-14)12-3-2-6-20(9-12)7-8-21/h4-5,10,12,21H,2-3,6-9H2,1H3,(H,17,18,19)/t12-/m0/s1. The fourth-order valence-corrected chi connectivity index (χ4v) is 3.57. The van der Waals surface area contributed by atoms with Crippen LogP contribution in [0.1, 0.15) is 30.1 Å². The van der Waals surface area contributed by atoms with Gasteiger partial charge >= 0.3 is 0 Å². The number of aliphatic hydroxyl groups is 1. The van der Waals surface area contributed by atoms with Gasteiger partial charge in [0.15, 0.2) is 10.9 Å². The highest BCUT2D eigenvalue weighted by Gasteiger charge is 2.25. The van der Waals surface area contributed by atoms with E-state index in [9.17, 15) is 0 Å². The molecule has 6 nitrogen and oxygen atoms in total. The smallest absolute Gasteiger partial charge is 0.188 e. The van der Waals surface area contributed by atoms with E-state index in [1.807, 2.05) is 12.3 Å². The largest absolute Gasteiger partial charge is 0.395 e. The molecule has 3 heterocycles. The van der Waals surface area contributed by atoms with Crippen LogP contribution in [0.5, 0.6) is 0 Å². The van der Waals surface area contributed by atoms with E-state index in [2.05, 4.69) is 25.2 Å². The molecule has 2 aromatic rings.